The van der Waals surface area contributed by atoms with Crippen molar-refractivity contribution < 1.29 is 63.0 Å². The second-order valence-electron chi connectivity index (χ2n) is 18.1. The van der Waals surface area contributed by atoms with Crippen LogP contribution in [-0.2, 0) is 52.7 Å². The molecule has 0 aliphatic carbocycles. The molecule has 0 radical (unpaired) electrons. The Morgan fingerprint density at radius 2 is 0.915 bits per heavy atom. The van der Waals surface area contributed by atoms with Crippen LogP contribution < -0.4 is 65.5 Å². The number of rotatable bonds is 35. The molecule has 0 bridgehead atoms. The molecule has 0 saturated heterocycles. The Kier molecular flexibility index (Phi) is 30.4. The summed E-state index contributed by atoms with van der Waals surface area (Å²) in [5.41, 5.74) is 21.7. The Bertz CT molecular complexity index is 1870. The lowest BCUT2D eigenvalue weighted by atomic mass is 9.97. The molecular weight excluding hydrogens is 951 g/mol. The first kappa shape index (κ1) is 64.8. The van der Waals surface area contributed by atoms with E-state index in [-0.39, 0.29) is 51.0 Å². The third-order valence-electron chi connectivity index (χ3n) is 11.1. The Hall–Kier alpha value is -6.25. The second kappa shape index (κ2) is 33.4. The average Bonchev–Trinajstić information content (AvgIpc) is 3.28. The minimum atomic E-state index is -1.47. The van der Waals surface area contributed by atoms with Crippen molar-refractivity contribution in [3.8, 4) is 0 Å². The second-order valence-corrected chi connectivity index (χ2v) is 19.1. The topological polar surface area (TPSA) is 441 Å². The van der Waals surface area contributed by atoms with Crippen molar-refractivity contribution in [2.45, 2.75) is 155 Å². The number of carboxylic acid groups (broad SMARTS) is 2. The minimum Gasteiger partial charge on any atom is -0.481 e. The molecular formula is C44H79N13O13S. The van der Waals surface area contributed by atoms with Gasteiger partial charge in [0.05, 0.1) is 6.54 Å². The predicted octanol–water partition coefficient (Wildman–Crippen LogP) is -3.14. The van der Waals surface area contributed by atoms with E-state index in [2.05, 4.69) is 47.5 Å². The van der Waals surface area contributed by atoms with Gasteiger partial charge in [-0.3, -0.25) is 52.9 Å². The molecule has 0 saturated carbocycles. The Morgan fingerprint density at radius 3 is 1.32 bits per heavy atom. The third-order valence-corrected chi connectivity index (χ3v) is 11.8. The highest BCUT2D eigenvalue weighted by Gasteiger charge is 2.37. The quantitative estimate of drug-likeness (QED) is 0.0169. The zero-order valence-corrected chi connectivity index (χ0v) is 43.1. The maximum Gasteiger partial charge on any atom is 0.326 e. The molecule has 0 heterocycles. The molecule has 71 heavy (non-hydrogen) atoms. The number of carboxylic acids is 2. The smallest absolute Gasteiger partial charge is 0.326 e. The van der Waals surface area contributed by atoms with Gasteiger partial charge in [0.1, 0.15) is 48.3 Å². The van der Waals surface area contributed by atoms with Gasteiger partial charge in [-0.15, -0.1) is 0 Å². The average molecular weight is 1030 g/mol. The number of guanidine groups is 1. The normalized spacial score (nSPS) is 14.9. The molecule has 9 amide bonds. The number of nitrogens with zero attached hydrogens (tertiary/aromatic N) is 1. The largest absolute Gasteiger partial charge is 0.481 e. The van der Waals surface area contributed by atoms with Gasteiger partial charge in [0.2, 0.25) is 53.2 Å². The van der Waals surface area contributed by atoms with Crippen LogP contribution in [0.2, 0.25) is 0 Å². The molecule has 0 aliphatic rings. The number of thioether (sulfide) groups is 1. The van der Waals surface area contributed by atoms with Crippen molar-refractivity contribution in [3.63, 3.8) is 0 Å². The summed E-state index contributed by atoms with van der Waals surface area (Å²) in [7, 11) is 0. The summed E-state index contributed by atoms with van der Waals surface area (Å²) in [5.74, 6) is -12.2. The van der Waals surface area contributed by atoms with Gasteiger partial charge in [0, 0.05) is 19.4 Å². The number of aliphatic imine (C=N–C) groups is 1. The molecule has 0 aromatic rings. The number of aliphatic carboxylic acids is 2. The van der Waals surface area contributed by atoms with Gasteiger partial charge < -0.3 is 75.7 Å². The lowest BCUT2D eigenvalue weighted by Crippen LogP contribution is -2.62. The number of hydrogen-bond donors (Lipinski definition) is 14. The monoisotopic (exact) mass is 1030 g/mol. The molecule has 0 spiro atoms. The van der Waals surface area contributed by atoms with E-state index in [0.717, 1.165) is 0 Å². The molecule has 27 heteroatoms. The van der Waals surface area contributed by atoms with E-state index in [4.69, 9.17) is 22.9 Å². The molecule has 0 unspecified atom stereocenters. The number of nitrogens with one attached hydrogen (secondary N) is 8. The molecule has 0 fully saturated rings. The Balaban J connectivity index is 6.70. The standard InChI is InChI=1S/C44H79N13O13S/c1-10-24(8)35(54-30(59)20-45)42(68)52-27(14-16-31(60)61)38(64)55-33(22(4)5)41(67)56-32(21(2)3)40(66)53-28(17-19-71-9)37(63)50-25(12-11-18-49-44(47)48)36(62)51-26(13-15-29(46)58)39(65)57-34(23(6)7)43(69)70/h21-28,32-35H,10-20,45H2,1-9H3,(H2,46,58)(H,50,63)(H,51,62)(H,52,68)(H,53,66)(H,54,59)(H,55,64)(H,56,67)(H,57,65)(H,60,61)(H,69,70)(H4,47,48,49)/t24-,25-,26-,27-,28-,32-,33-,34-,35-/m0/s1. The Labute approximate surface area is 419 Å². The van der Waals surface area contributed by atoms with Crippen LogP contribution in [-0.4, -0.2) is 155 Å². The van der Waals surface area contributed by atoms with E-state index in [1.165, 1.54) is 11.8 Å². The van der Waals surface area contributed by atoms with Crippen molar-refractivity contribution in [1.82, 2.24) is 42.5 Å². The van der Waals surface area contributed by atoms with Crippen LogP contribution in [0, 0.1) is 23.7 Å². The van der Waals surface area contributed by atoms with E-state index < -0.39 is 150 Å². The van der Waals surface area contributed by atoms with E-state index in [0.29, 0.717) is 12.2 Å². The number of nitrogens with two attached hydrogens (primary N) is 4. The maximum atomic E-state index is 14.1. The van der Waals surface area contributed by atoms with E-state index in [1.54, 1.807) is 61.6 Å². The first-order valence-electron chi connectivity index (χ1n) is 23.5. The van der Waals surface area contributed by atoms with Crippen LogP contribution in [0.15, 0.2) is 4.99 Å². The van der Waals surface area contributed by atoms with Gasteiger partial charge in [0.15, 0.2) is 5.96 Å². The zero-order chi connectivity index (χ0) is 54.7. The van der Waals surface area contributed by atoms with Crippen LogP contribution in [0.1, 0.15) is 107 Å². The number of primary amides is 1. The fourth-order valence-corrected chi connectivity index (χ4v) is 7.18. The summed E-state index contributed by atoms with van der Waals surface area (Å²) in [6.07, 6.45) is 0.605. The molecule has 404 valence electrons. The summed E-state index contributed by atoms with van der Waals surface area (Å²) in [5, 5.41) is 39.4. The van der Waals surface area contributed by atoms with Gasteiger partial charge >= 0.3 is 11.9 Å². The van der Waals surface area contributed by atoms with Crippen molar-refractivity contribution in [2.75, 3.05) is 25.1 Å². The molecule has 0 aromatic heterocycles. The highest BCUT2D eigenvalue weighted by molar-refractivity contribution is 7.98. The molecule has 26 nitrogen and oxygen atoms in total. The van der Waals surface area contributed by atoms with Crippen molar-refractivity contribution in [2.24, 2.45) is 51.6 Å². The first-order chi connectivity index (χ1) is 33.1. The van der Waals surface area contributed by atoms with Crippen LogP contribution in [0.5, 0.6) is 0 Å². The van der Waals surface area contributed by atoms with Gasteiger partial charge in [-0.05, 0) is 67.8 Å². The fraction of sp³-hybridized carbons (Fsp3) is 0.727. The third kappa shape index (κ3) is 24.9. The van der Waals surface area contributed by atoms with Gasteiger partial charge in [-0.2, -0.15) is 11.8 Å². The molecule has 9 atom stereocenters. The minimum absolute atomic E-state index is 0.0215. The zero-order valence-electron chi connectivity index (χ0n) is 42.3. The molecule has 18 N–H and O–H groups in total. The highest BCUT2D eigenvalue weighted by Crippen LogP contribution is 2.13. The summed E-state index contributed by atoms with van der Waals surface area (Å²) in [6.45, 7) is 12.6. The summed E-state index contributed by atoms with van der Waals surface area (Å²) >= 11 is 1.34. The number of carbonyl (C=O) groups excluding carboxylic acids is 9. The van der Waals surface area contributed by atoms with Crippen molar-refractivity contribution >= 4 is 82.8 Å². The van der Waals surface area contributed by atoms with Crippen LogP contribution in [0.3, 0.4) is 0 Å². The van der Waals surface area contributed by atoms with Crippen LogP contribution >= 0.6 is 11.8 Å². The summed E-state index contributed by atoms with van der Waals surface area (Å²) in [4.78, 5) is 148. The van der Waals surface area contributed by atoms with Crippen LogP contribution in [0.4, 0.5) is 0 Å². The molecule has 0 aliphatic heterocycles. The number of amides is 9. The number of hydrogen-bond acceptors (Lipinski definition) is 14. The van der Waals surface area contributed by atoms with E-state index in [9.17, 15) is 63.0 Å². The molecule has 0 rings (SSSR count). The lowest BCUT2D eigenvalue weighted by Gasteiger charge is -2.30. The predicted molar refractivity (Wildman–Crippen MR) is 264 cm³/mol. The Morgan fingerprint density at radius 1 is 0.521 bits per heavy atom. The maximum absolute atomic E-state index is 14.1. The number of carbonyl (C=O) groups is 11. The molecule has 0 aromatic carbocycles. The summed E-state index contributed by atoms with van der Waals surface area (Å²) in [6, 6.07) is -10.8. The van der Waals surface area contributed by atoms with Crippen molar-refractivity contribution in [3.05, 3.63) is 0 Å². The fourth-order valence-electron chi connectivity index (χ4n) is 6.71. The van der Waals surface area contributed by atoms with E-state index in [1.807, 2.05) is 0 Å². The van der Waals surface area contributed by atoms with Gasteiger partial charge in [0.25, 0.3) is 0 Å². The first-order valence-corrected chi connectivity index (χ1v) is 24.9. The lowest BCUT2D eigenvalue weighted by molar-refractivity contribution is -0.143. The van der Waals surface area contributed by atoms with Gasteiger partial charge in [-0.25, -0.2) is 4.79 Å². The summed E-state index contributed by atoms with van der Waals surface area (Å²) < 4.78 is 0. The van der Waals surface area contributed by atoms with E-state index >= 15 is 0 Å². The van der Waals surface area contributed by atoms with Crippen molar-refractivity contribution in [1.29, 1.82) is 0 Å². The van der Waals surface area contributed by atoms with Crippen LogP contribution in [0.25, 0.3) is 0 Å². The highest BCUT2D eigenvalue weighted by atomic mass is 32.2. The van der Waals surface area contributed by atoms with Gasteiger partial charge in [-0.1, -0.05) is 61.8 Å². The SMILES string of the molecule is CC[C@H](C)[C@H](NC(=O)CN)C(=O)N[C@@H](CCC(=O)O)C(=O)N[C@H](C(=O)N[C@H](C(=O)N[C@@H](CCSC)C(=O)N[C@@H](CCCN=C(N)N)C(=O)N[C@@H](CCC(N)=O)C(=O)N[C@H](C(=O)O)C(C)C)C(C)C)C(C)C.